The van der Waals surface area contributed by atoms with Gasteiger partial charge in [0.05, 0.1) is 17.6 Å². The molecule has 2 heterocycles. The quantitative estimate of drug-likeness (QED) is 0.592. The summed E-state index contributed by atoms with van der Waals surface area (Å²) in [5.41, 5.74) is 0.802. The van der Waals surface area contributed by atoms with Crippen molar-refractivity contribution in [3.8, 4) is 0 Å². The van der Waals surface area contributed by atoms with Crippen molar-refractivity contribution in [1.29, 1.82) is 0 Å². The minimum absolute atomic E-state index is 0.133. The third kappa shape index (κ3) is 4.59. The highest BCUT2D eigenvalue weighted by Crippen LogP contribution is 2.32. The number of benzene rings is 1. The van der Waals surface area contributed by atoms with Crippen LogP contribution < -0.4 is 10.6 Å². The lowest BCUT2D eigenvalue weighted by molar-refractivity contribution is -0.142. The number of amides is 1. The molecule has 0 aliphatic carbocycles. The van der Waals surface area contributed by atoms with Crippen LogP contribution in [0.3, 0.4) is 0 Å². The molecule has 2 fully saturated rings. The van der Waals surface area contributed by atoms with Crippen LogP contribution in [0.5, 0.6) is 0 Å². The Balaban J connectivity index is 1.58. The Morgan fingerprint density at radius 3 is 2.53 bits per heavy atom. The fourth-order valence-electron chi connectivity index (χ4n) is 4.60. The summed E-state index contributed by atoms with van der Waals surface area (Å²) in [4.78, 5) is 28.2. The zero-order chi connectivity index (χ0) is 21.9. The number of likely N-dealkylation sites (tertiary alicyclic amines) is 1. The van der Waals surface area contributed by atoms with E-state index in [2.05, 4.69) is 27.7 Å². The molecule has 8 heteroatoms. The van der Waals surface area contributed by atoms with E-state index >= 15 is 0 Å². The second-order valence-corrected chi connectivity index (χ2v) is 8.78. The van der Waals surface area contributed by atoms with Gasteiger partial charge in [0, 0.05) is 39.0 Å². The highest BCUT2D eigenvalue weighted by atomic mass is 32.1. The summed E-state index contributed by atoms with van der Waals surface area (Å²) in [6, 6.07) is 9.62. The Kier molecular flexibility index (Phi) is 6.98. The number of nitrogens with one attached hydrogen (secondary N) is 2. The summed E-state index contributed by atoms with van der Waals surface area (Å²) in [5.74, 6) is -1.15. The summed E-state index contributed by atoms with van der Waals surface area (Å²) >= 11 is 5.55. The molecule has 2 saturated heterocycles. The Labute approximate surface area is 183 Å². The molecule has 3 unspecified atom stereocenters. The molecule has 2 aliphatic heterocycles. The number of hydrogen-bond donors (Lipinski definition) is 3. The minimum atomic E-state index is -0.808. The van der Waals surface area contributed by atoms with Crippen LogP contribution in [0.1, 0.15) is 38.7 Å². The molecule has 1 spiro atoms. The number of aliphatic carboxylic acids is 1. The first kappa shape index (κ1) is 22.5. The SMILES string of the molecule is CCC(C(=O)O)C(C)NC(=S)N1CCC2(CC1)NC(Cc1ccccc1)C(=O)N2C. The lowest BCUT2D eigenvalue weighted by atomic mass is 9.96. The number of carbonyl (C=O) groups is 2. The van der Waals surface area contributed by atoms with Gasteiger partial charge >= 0.3 is 5.97 Å². The first-order valence-corrected chi connectivity index (χ1v) is 11.1. The highest BCUT2D eigenvalue weighted by Gasteiger charge is 2.49. The molecule has 1 aromatic rings. The Morgan fingerprint density at radius 2 is 1.97 bits per heavy atom. The Morgan fingerprint density at radius 1 is 1.33 bits per heavy atom. The zero-order valence-electron chi connectivity index (χ0n) is 17.9. The van der Waals surface area contributed by atoms with Gasteiger partial charge in [0.15, 0.2) is 5.11 Å². The third-order valence-electron chi connectivity index (χ3n) is 6.59. The predicted molar refractivity (Wildman–Crippen MR) is 120 cm³/mol. The molecule has 0 aromatic heterocycles. The lowest BCUT2D eigenvalue weighted by Crippen LogP contribution is -2.60. The number of rotatable bonds is 6. The molecule has 2 aliphatic rings. The van der Waals surface area contributed by atoms with Gasteiger partial charge in [-0.15, -0.1) is 0 Å². The largest absolute Gasteiger partial charge is 0.481 e. The molecular weight excluding hydrogens is 400 g/mol. The molecule has 30 heavy (non-hydrogen) atoms. The van der Waals surface area contributed by atoms with Crippen LogP contribution in [0.15, 0.2) is 30.3 Å². The van der Waals surface area contributed by atoms with Gasteiger partial charge in [0.1, 0.15) is 0 Å². The van der Waals surface area contributed by atoms with Crippen LogP contribution in [0.4, 0.5) is 0 Å². The monoisotopic (exact) mass is 432 g/mol. The maximum atomic E-state index is 12.9. The summed E-state index contributed by atoms with van der Waals surface area (Å²) < 4.78 is 0. The molecule has 0 bridgehead atoms. The number of nitrogens with zero attached hydrogens (tertiary/aromatic N) is 2. The van der Waals surface area contributed by atoms with E-state index in [-0.39, 0.29) is 23.7 Å². The van der Waals surface area contributed by atoms with Gasteiger partial charge in [0.2, 0.25) is 5.91 Å². The molecule has 3 rings (SSSR count). The number of likely N-dealkylation sites (N-methyl/N-ethyl adjacent to an activating group) is 1. The van der Waals surface area contributed by atoms with E-state index in [4.69, 9.17) is 12.2 Å². The Bertz CT molecular complexity index is 780. The van der Waals surface area contributed by atoms with Crippen molar-refractivity contribution in [2.75, 3.05) is 20.1 Å². The van der Waals surface area contributed by atoms with Gasteiger partial charge in [-0.1, -0.05) is 37.3 Å². The van der Waals surface area contributed by atoms with Crippen LogP contribution in [0.25, 0.3) is 0 Å². The van der Waals surface area contributed by atoms with Gasteiger partial charge in [-0.25, -0.2) is 0 Å². The normalized spacial score (nSPS) is 22.8. The first-order valence-electron chi connectivity index (χ1n) is 10.6. The molecule has 0 saturated carbocycles. The molecule has 1 amide bonds. The van der Waals surface area contributed by atoms with Crippen LogP contribution in [0.2, 0.25) is 0 Å². The van der Waals surface area contributed by atoms with Crippen LogP contribution >= 0.6 is 12.2 Å². The number of carboxylic acid groups (broad SMARTS) is 1. The van der Waals surface area contributed by atoms with E-state index in [9.17, 15) is 14.7 Å². The molecule has 3 atom stereocenters. The fraction of sp³-hybridized carbons (Fsp3) is 0.591. The maximum Gasteiger partial charge on any atom is 0.308 e. The lowest BCUT2D eigenvalue weighted by Gasteiger charge is -2.44. The molecule has 1 aromatic carbocycles. The average molecular weight is 433 g/mol. The van der Waals surface area contributed by atoms with Gasteiger partial charge in [-0.05, 0) is 37.5 Å². The number of carboxylic acids is 1. The average Bonchev–Trinajstić information content (AvgIpc) is 2.94. The second-order valence-electron chi connectivity index (χ2n) is 8.39. The molecule has 3 N–H and O–H groups in total. The van der Waals surface area contributed by atoms with Crippen molar-refractivity contribution in [3.05, 3.63) is 35.9 Å². The number of thiocarbonyl (C=S) groups is 1. The van der Waals surface area contributed by atoms with Crippen molar-refractivity contribution in [2.24, 2.45) is 5.92 Å². The maximum absolute atomic E-state index is 12.9. The first-order chi connectivity index (χ1) is 14.3. The molecule has 0 radical (unpaired) electrons. The standard InChI is InChI=1S/C22H32N4O3S/c1-4-17(20(28)29)15(2)23-21(30)26-12-10-22(11-13-26)24-18(19(27)25(22)3)14-16-8-6-5-7-9-16/h5-9,15,17-18,24H,4,10-14H2,1-3H3,(H,23,30)(H,28,29). The van der Waals surface area contributed by atoms with Crippen LogP contribution in [-0.4, -0.2) is 69.8 Å². The van der Waals surface area contributed by atoms with Crippen LogP contribution in [-0.2, 0) is 16.0 Å². The fourth-order valence-corrected chi connectivity index (χ4v) is 4.97. The van der Waals surface area contributed by atoms with E-state index < -0.39 is 11.9 Å². The van der Waals surface area contributed by atoms with E-state index in [1.54, 1.807) is 0 Å². The van der Waals surface area contributed by atoms with Gasteiger partial charge < -0.3 is 20.2 Å². The van der Waals surface area contributed by atoms with Crippen molar-refractivity contribution in [3.63, 3.8) is 0 Å². The van der Waals surface area contributed by atoms with Crippen molar-refractivity contribution < 1.29 is 14.7 Å². The van der Waals surface area contributed by atoms with Gasteiger partial charge in [-0.2, -0.15) is 0 Å². The summed E-state index contributed by atoms with van der Waals surface area (Å²) in [7, 11) is 1.88. The molecule has 164 valence electrons. The number of piperidine rings is 1. The summed E-state index contributed by atoms with van der Waals surface area (Å²) in [6.45, 7) is 5.16. The third-order valence-corrected chi connectivity index (χ3v) is 6.96. The number of carbonyl (C=O) groups excluding carboxylic acids is 1. The zero-order valence-corrected chi connectivity index (χ0v) is 18.7. The van der Waals surface area contributed by atoms with E-state index in [0.29, 0.717) is 31.0 Å². The van der Waals surface area contributed by atoms with Gasteiger partial charge in [0.25, 0.3) is 0 Å². The minimum Gasteiger partial charge on any atom is -0.481 e. The Hall–Kier alpha value is -2.19. The van der Waals surface area contributed by atoms with E-state index in [1.807, 2.05) is 44.0 Å². The van der Waals surface area contributed by atoms with Crippen molar-refractivity contribution in [2.45, 2.75) is 57.3 Å². The van der Waals surface area contributed by atoms with Gasteiger partial charge in [-0.3, -0.25) is 14.9 Å². The summed E-state index contributed by atoms with van der Waals surface area (Å²) in [5, 5.41) is 16.7. The molecule has 7 nitrogen and oxygen atoms in total. The topological polar surface area (TPSA) is 84.9 Å². The highest BCUT2D eigenvalue weighted by molar-refractivity contribution is 7.80. The second kappa shape index (κ2) is 9.31. The van der Waals surface area contributed by atoms with E-state index in [0.717, 1.165) is 18.4 Å². The van der Waals surface area contributed by atoms with Crippen LogP contribution in [0, 0.1) is 5.92 Å². The smallest absolute Gasteiger partial charge is 0.308 e. The van der Waals surface area contributed by atoms with E-state index in [1.165, 1.54) is 0 Å². The van der Waals surface area contributed by atoms with Crippen molar-refractivity contribution >= 4 is 29.2 Å². The number of hydrogen-bond acceptors (Lipinski definition) is 4. The predicted octanol–water partition coefficient (Wildman–Crippen LogP) is 1.83. The molecular formula is C22H32N4O3S. The summed E-state index contributed by atoms with van der Waals surface area (Å²) in [6.07, 6.45) is 2.77. The van der Waals surface area contributed by atoms with Crippen molar-refractivity contribution in [1.82, 2.24) is 20.4 Å².